The van der Waals surface area contributed by atoms with Crippen LogP contribution in [0, 0.1) is 0 Å². The first-order chi connectivity index (χ1) is 17.2. The first-order valence-electron chi connectivity index (χ1n) is 10.6. The molecule has 0 unspecified atom stereocenters. The largest absolute Gasteiger partial charge is 0.495 e. The van der Waals surface area contributed by atoms with Crippen molar-refractivity contribution < 1.29 is 37.4 Å². The van der Waals surface area contributed by atoms with Gasteiger partial charge in [0.25, 0.3) is 5.91 Å². The van der Waals surface area contributed by atoms with E-state index in [0.717, 1.165) is 0 Å². The summed E-state index contributed by atoms with van der Waals surface area (Å²) in [5.41, 5.74) is 1.79. The number of methoxy groups -OCH3 is 1. The molecule has 3 N–H and O–H groups in total. The standard InChI is InChI=1S/C25H23F2N3O6/c1-15(31)28-17-9-12-22(34-2)21(13-17)30-23(32)14-35-24(33)19-5-3-4-6-20(19)29-16-7-10-18(11-8-16)36-25(26)27/h3-13,25,29H,14H2,1-2H3,(H,28,31)(H,30,32). The second kappa shape index (κ2) is 12.2. The van der Waals surface area contributed by atoms with E-state index in [1.54, 1.807) is 30.3 Å². The van der Waals surface area contributed by atoms with E-state index < -0.39 is 25.1 Å². The Bertz CT molecular complexity index is 1230. The number of benzene rings is 3. The summed E-state index contributed by atoms with van der Waals surface area (Å²) in [6, 6.07) is 16.9. The lowest BCUT2D eigenvalue weighted by Gasteiger charge is -2.14. The summed E-state index contributed by atoms with van der Waals surface area (Å²) in [5.74, 6) is -1.32. The maximum Gasteiger partial charge on any atom is 0.387 e. The summed E-state index contributed by atoms with van der Waals surface area (Å²) in [6.07, 6.45) is 0. The van der Waals surface area contributed by atoms with Gasteiger partial charge in [0, 0.05) is 18.3 Å². The van der Waals surface area contributed by atoms with Gasteiger partial charge in [0.05, 0.1) is 24.0 Å². The van der Waals surface area contributed by atoms with E-state index in [2.05, 4.69) is 20.7 Å². The number of rotatable bonds is 10. The third-order valence-corrected chi connectivity index (χ3v) is 4.63. The summed E-state index contributed by atoms with van der Waals surface area (Å²) in [6.45, 7) is -2.16. The predicted octanol–water partition coefficient (Wildman–Crippen LogP) is 4.79. The van der Waals surface area contributed by atoms with Gasteiger partial charge in [-0.3, -0.25) is 9.59 Å². The number of ether oxygens (including phenoxy) is 3. The molecule has 0 radical (unpaired) electrons. The van der Waals surface area contributed by atoms with Crippen LogP contribution in [0.4, 0.5) is 31.5 Å². The van der Waals surface area contributed by atoms with Crippen molar-refractivity contribution in [2.24, 2.45) is 0 Å². The van der Waals surface area contributed by atoms with Gasteiger partial charge in [0.2, 0.25) is 5.91 Å². The molecule has 11 heteroatoms. The summed E-state index contributed by atoms with van der Waals surface area (Å²) in [5, 5.41) is 8.19. The van der Waals surface area contributed by atoms with E-state index in [1.165, 1.54) is 50.4 Å². The lowest BCUT2D eigenvalue weighted by atomic mass is 10.1. The van der Waals surface area contributed by atoms with Crippen molar-refractivity contribution in [1.82, 2.24) is 0 Å². The molecule has 188 valence electrons. The Kier molecular flexibility index (Phi) is 8.76. The van der Waals surface area contributed by atoms with Gasteiger partial charge in [-0.15, -0.1) is 0 Å². The van der Waals surface area contributed by atoms with Crippen molar-refractivity contribution in [3.8, 4) is 11.5 Å². The number of para-hydroxylation sites is 1. The quantitative estimate of drug-likeness (QED) is 0.344. The molecule has 0 fully saturated rings. The number of esters is 1. The molecule has 0 aliphatic carbocycles. The van der Waals surface area contributed by atoms with Gasteiger partial charge in [-0.25, -0.2) is 4.79 Å². The first kappa shape index (κ1) is 25.9. The molecule has 0 aliphatic heterocycles. The number of carbonyl (C=O) groups is 3. The van der Waals surface area contributed by atoms with Crippen molar-refractivity contribution in [2.45, 2.75) is 13.5 Å². The maximum absolute atomic E-state index is 12.7. The second-order valence-corrected chi connectivity index (χ2v) is 7.29. The Hall–Kier alpha value is -4.67. The van der Waals surface area contributed by atoms with Crippen molar-refractivity contribution in [2.75, 3.05) is 29.7 Å². The Morgan fingerprint density at radius 2 is 1.58 bits per heavy atom. The van der Waals surface area contributed by atoms with E-state index in [4.69, 9.17) is 9.47 Å². The summed E-state index contributed by atoms with van der Waals surface area (Å²) < 4.78 is 39.3. The van der Waals surface area contributed by atoms with Crippen LogP contribution in [0.5, 0.6) is 11.5 Å². The fourth-order valence-electron chi connectivity index (χ4n) is 3.13. The molecule has 0 spiro atoms. The number of hydrogen-bond donors (Lipinski definition) is 3. The molecule has 2 amide bonds. The normalized spacial score (nSPS) is 10.4. The zero-order chi connectivity index (χ0) is 26.1. The van der Waals surface area contributed by atoms with E-state index in [-0.39, 0.29) is 22.9 Å². The van der Waals surface area contributed by atoms with Gasteiger partial charge in [-0.05, 0) is 54.6 Å². The predicted molar refractivity (Wildman–Crippen MR) is 129 cm³/mol. The third-order valence-electron chi connectivity index (χ3n) is 4.63. The summed E-state index contributed by atoms with van der Waals surface area (Å²) >= 11 is 0. The Morgan fingerprint density at radius 1 is 0.889 bits per heavy atom. The van der Waals surface area contributed by atoms with Crippen LogP contribution in [0.3, 0.4) is 0 Å². The molecule has 0 saturated heterocycles. The number of amides is 2. The van der Waals surface area contributed by atoms with E-state index >= 15 is 0 Å². The highest BCUT2D eigenvalue weighted by Crippen LogP contribution is 2.28. The van der Waals surface area contributed by atoms with Crippen molar-refractivity contribution in [3.05, 3.63) is 72.3 Å². The number of hydrogen-bond acceptors (Lipinski definition) is 7. The van der Waals surface area contributed by atoms with Crippen LogP contribution in [0.25, 0.3) is 0 Å². The minimum absolute atomic E-state index is 0.00602. The molecule has 0 atom stereocenters. The van der Waals surface area contributed by atoms with Gasteiger partial charge in [0.15, 0.2) is 6.61 Å². The Labute approximate surface area is 205 Å². The summed E-state index contributed by atoms with van der Waals surface area (Å²) in [4.78, 5) is 36.4. The molecule has 36 heavy (non-hydrogen) atoms. The Morgan fingerprint density at radius 3 is 2.25 bits per heavy atom. The van der Waals surface area contributed by atoms with Gasteiger partial charge in [-0.1, -0.05) is 12.1 Å². The highest BCUT2D eigenvalue weighted by molar-refractivity contribution is 6.00. The van der Waals surface area contributed by atoms with Gasteiger partial charge in [-0.2, -0.15) is 8.78 Å². The molecular weight excluding hydrogens is 476 g/mol. The summed E-state index contributed by atoms with van der Waals surface area (Å²) in [7, 11) is 1.42. The maximum atomic E-state index is 12.7. The Balaban J connectivity index is 1.63. The number of carbonyl (C=O) groups excluding carboxylic acids is 3. The lowest BCUT2D eigenvalue weighted by molar-refractivity contribution is -0.119. The third kappa shape index (κ3) is 7.42. The van der Waals surface area contributed by atoms with Crippen molar-refractivity contribution in [1.29, 1.82) is 0 Å². The van der Waals surface area contributed by atoms with Crippen LogP contribution >= 0.6 is 0 Å². The zero-order valence-corrected chi connectivity index (χ0v) is 19.3. The molecule has 0 aliphatic rings. The second-order valence-electron chi connectivity index (χ2n) is 7.29. The first-order valence-corrected chi connectivity index (χ1v) is 10.6. The van der Waals surface area contributed by atoms with Crippen molar-refractivity contribution >= 4 is 40.5 Å². The monoisotopic (exact) mass is 499 g/mol. The van der Waals surface area contributed by atoms with E-state index in [1.807, 2.05) is 0 Å². The fourth-order valence-corrected chi connectivity index (χ4v) is 3.13. The molecule has 3 rings (SSSR count). The molecule has 0 saturated carbocycles. The van der Waals surface area contributed by atoms with E-state index in [9.17, 15) is 23.2 Å². The smallest absolute Gasteiger partial charge is 0.387 e. The average Bonchev–Trinajstić information content (AvgIpc) is 2.83. The molecular formula is C25H23F2N3O6. The molecule has 9 nitrogen and oxygen atoms in total. The van der Waals surface area contributed by atoms with Crippen LogP contribution in [-0.4, -0.2) is 38.1 Å². The zero-order valence-electron chi connectivity index (χ0n) is 19.3. The van der Waals surface area contributed by atoms with Crippen LogP contribution < -0.4 is 25.4 Å². The minimum Gasteiger partial charge on any atom is -0.495 e. The van der Waals surface area contributed by atoms with Gasteiger partial charge < -0.3 is 30.2 Å². The molecule has 3 aromatic carbocycles. The fraction of sp³-hybridized carbons (Fsp3) is 0.160. The van der Waals surface area contributed by atoms with Crippen LogP contribution in [0.15, 0.2) is 66.7 Å². The van der Waals surface area contributed by atoms with Crippen LogP contribution in [0.2, 0.25) is 0 Å². The van der Waals surface area contributed by atoms with Gasteiger partial charge >= 0.3 is 12.6 Å². The molecule has 0 aromatic heterocycles. The molecule has 0 bridgehead atoms. The lowest BCUT2D eigenvalue weighted by Crippen LogP contribution is -2.21. The van der Waals surface area contributed by atoms with Crippen molar-refractivity contribution in [3.63, 3.8) is 0 Å². The number of halogens is 2. The molecule has 0 heterocycles. The van der Waals surface area contributed by atoms with E-state index in [0.29, 0.717) is 22.8 Å². The van der Waals surface area contributed by atoms with Gasteiger partial charge in [0.1, 0.15) is 11.5 Å². The molecule has 3 aromatic rings. The number of alkyl halides is 2. The SMILES string of the molecule is COc1ccc(NC(C)=O)cc1NC(=O)COC(=O)c1ccccc1Nc1ccc(OC(F)F)cc1. The number of anilines is 4. The highest BCUT2D eigenvalue weighted by Gasteiger charge is 2.16. The number of nitrogens with one attached hydrogen (secondary N) is 3. The van der Waals surface area contributed by atoms with Crippen LogP contribution in [0.1, 0.15) is 17.3 Å². The van der Waals surface area contributed by atoms with Crippen LogP contribution in [-0.2, 0) is 14.3 Å². The highest BCUT2D eigenvalue weighted by atomic mass is 19.3. The average molecular weight is 499 g/mol. The minimum atomic E-state index is -2.93. The topological polar surface area (TPSA) is 115 Å².